The second-order valence-corrected chi connectivity index (χ2v) is 5.27. The van der Waals surface area contributed by atoms with Gasteiger partial charge >= 0.3 is 0 Å². The van der Waals surface area contributed by atoms with Gasteiger partial charge in [-0.05, 0) is 37.6 Å². The van der Waals surface area contributed by atoms with Crippen LogP contribution in [0.25, 0.3) is 0 Å². The fraction of sp³-hybridized carbons (Fsp3) is 0.286. The molecule has 0 spiro atoms. The average molecular weight is 275 g/mol. The van der Waals surface area contributed by atoms with E-state index in [1.54, 1.807) is 24.6 Å². The lowest BCUT2D eigenvalue weighted by Gasteiger charge is -2.15. The Morgan fingerprint density at radius 3 is 2.79 bits per heavy atom. The van der Waals surface area contributed by atoms with E-state index in [1.807, 2.05) is 30.5 Å². The average Bonchev–Trinajstić information content (AvgIpc) is 2.94. The van der Waals surface area contributed by atoms with Gasteiger partial charge in [0.1, 0.15) is 5.01 Å². The molecule has 1 atom stereocenters. The molecular weight excluding hydrogens is 258 g/mol. The second kappa shape index (κ2) is 5.84. The van der Waals surface area contributed by atoms with E-state index in [-0.39, 0.29) is 11.9 Å². The van der Waals surface area contributed by atoms with Gasteiger partial charge in [0, 0.05) is 29.9 Å². The Morgan fingerprint density at radius 2 is 2.21 bits per heavy atom. The Bertz CT molecular complexity index is 566. The zero-order valence-electron chi connectivity index (χ0n) is 11.2. The molecule has 2 aromatic rings. The number of carbonyl (C=O) groups is 1. The third-order valence-electron chi connectivity index (χ3n) is 2.91. The molecule has 2 rings (SSSR count). The summed E-state index contributed by atoms with van der Waals surface area (Å²) in [7, 11) is 1.63. The minimum absolute atomic E-state index is 0.0670. The number of aromatic nitrogens is 1. The number of nitrogens with zero attached hydrogens (tertiary/aromatic N) is 1. The van der Waals surface area contributed by atoms with E-state index in [0.29, 0.717) is 5.56 Å². The van der Waals surface area contributed by atoms with Crippen molar-refractivity contribution in [2.75, 3.05) is 12.4 Å². The quantitative estimate of drug-likeness (QED) is 0.902. The highest BCUT2D eigenvalue weighted by Gasteiger charge is 2.10. The second-order valence-electron chi connectivity index (χ2n) is 4.35. The van der Waals surface area contributed by atoms with Crippen LogP contribution in [0.1, 0.15) is 33.9 Å². The summed E-state index contributed by atoms with van der Waals surface area (Å²) >= 11 is 1.63. The zero-order chi connectivity index (χ0) is 13.8. The fourth-order valence-corrected chi connectivity index (χ4v) is 2.50. The monoisotopic (exact) mass is 275 g/mol. The molecule has 1 unspecified atom stereocenters. The standard InChI is InChI=1S/C14H17N3OS/c1-9-8-11(13(18)15-3)4-5-12(9)17-10(2)14-16-6-7-19-14/h4-8,10,17H,1-3H3,(H,15,18). The number of nitrogens with one attached hydrogen (secondary N) is 2. The maximum Gasteiger partial charge on any atom is 0.251 e. The predicted octanol–water partition coefficient (Wildman–Crippen LogP) is 2.98. The molecule has 0 aliphatic rings. The van der Waals surface area contributed by atoms with E-state index >= 15 is 0 Å². The van der Waals surface area contributed by atoms with Gasteiger partial charge in [0.05, 0.1) is 6.04 Å². The van der Waals surface area contributed by atoms with Gasteiger partial charge < -0.3 is 10.6 Å². The van der Waals surface area contributed by atoms with Crippen LogP contribution in [0.15, 0.2) is 29.8 Å². The molecule has 1 aromatic carbocycles. The lowest BCUT2D eigenvalue weighted by atomic mass is 10.1. The summed E-state index contributed by atoms with van der Waals surface area (Å²) in [4.78, 5) is 15.8. The van der Waals surface area contributed by atoms with Crippen molar-refractivity contribution < 1.29 is 4.79 Å². The first kappa shape index (κ1) is 13.5. The van der Waals surface area contributed by atoms with Crippen LogP contribution < -0.4 is 10.6 Å². The molecule has 2 N–H and O–H groups in total. The Labute approximate surface area is 116 Å². The van der Waals surface area contributed by atoms with Crippen LogP contribution in [0.5, 0.6) is 0 Å². The van der Waals surface area contributed by atoms with Crippen molar-refractivity contribution >= 4 is 22.9 Å². The Balaban J connectivity index is 2.15. The Kier molecular flexibility index (Phi) is 4.16. The predicted molar refractivity (Wildman–Crippen MR) is 78.7 cm³/mol. The highest BCUT2D eigenvalue weighted by atomic mass is 32.1. The van der Waals surface area contributed by atoms with E-state index in [1.165, 1.54) is 0 Å². The van der Waals surface area contributed by atoms with Gasteiger partial charge in [0.25, 0.3) is 5.91 Å². The molecule has 100 valence electrons. The van der Waals surface area contributed by atoms with Gasteiger partial charge in [0.2, 0.25) is 0 Å². The van der Waals surface area contributed by atoms with Crippen molar-refractivity contribution in [2.24, 2.45) is 0 Å². The third-order valence-corrected chi connectivity index (χ3v) is 3.87. The number of anilines is 1. The summed E-state index contributed by atoms with van der Waals surface area (Å²) in [6, 6.07) is 5.80. The lowest BCUT2D eigenvalue weighted by Crippen LogP contribution is -2.18. The molecule has 0 aliphatic heterocycles. The Morgan fingerprint density at radius 1 is 1.42 bits per heavy atom. The maximum absolute atomic E-state index is 11.5. The van der Waals surface area contributed by atoms with Gasteiger partial charge in [-0.25, -0.2) is 4.98 Å². The van der Waals surface area contributed by atoms with Crippen molar-refractivity contribution in [3.8, 4) is 0 Å². The highest BCUT2D eigenvalue weighted by molar-refractivity contribution is 7.09. The van der Waals surface area contributed by atoms with E-state index in [4.69, 9.17) is 0 Å². The molecule has 0 bridgehead atoms. The van der Waals surface area contributed by atoms with Crippen LogP contribution in [0, 0.1) is 6.92 Å². The number of aryl methyl sites for hydroxylation is 1. The van der Waals surface area contributed by atoms with Gasteiger partial charge in [0.15, 0.2) is 0 Å². The van der Waals surface area contributed by atoms with Gasteiger partial charge in [-0.2, -0.15) is 0 Å². The van der Waals surface area contributed by atoms with E-state index in [9.17, 15) is 4.79 Å². The van der Waals surface area contributed by atoms with Crippen molar-refractivity contribution in [2.45, 2.75) is 19.9 Å². The zero-order valence-corrected chi connectivity index (χ0v) is 12.0. The molecular formula is C14H17N3OS. The van der Waals surface area contributed by atoms with Gasteiger partial charge in [-0.1, -0.05) is 0 Å². The topological polar surface area (TPSA) is 54.0 Å². The molecule has 1 heterocycles. The first-order valence-electron chi connectivity index (χ1n) is 6.10. The minimum Gasteiger partial charge on any atom is -0.376 e. The minimum atomic E-state index is -0.0670. The molecule has 1 aromatic heterocycles. The van der Waals surface area contributed by atoms with Crippen molar-refractivity contribution in [1.29, 1.82) is 0 Å². The normalized spacial score (nSPS) is 11.9. The molecule has 5 heteroatoms. The van der Waals surface area contributed by atoms with E-state index < -0.39 is 0 Å². The first-order valence-corrected chi connectivity index (χ1v) is 6.98. The van der Waals surface area contributed by atoms with Crippen molar-refractivity contribution in [3.63, 3.8) is 0 Å². The third kappa shape index (κ3) is 3.12. The van der Waals surface area contributed by atoms with E-state index in [2.05, 4.69) is 22.5 Å². The molecule has 4 nitrogen and oxygen atoms in total. The number of benzene rings is 1. The van der Waals surface area contributed by atoms with Crippen LogP contribution in [0.4, 0.5) is 5.69 Å². The van der Waals surface area contributed by atoms with Gasteiger partial charge in [-0.3, -0.25) is 4.79 Å². The molecule has 0 aliphatic carbocycles. The smallest absolute Gasteiger partial charge is 0.251 e. The number of hydrogen-bond acceptors (Lipinski definition) is 4. The highest BCUT2D eigenvalue weighted by Crippen LogP contribution is 2.24. The van der Waals surface area contributed by atoms with Crippen LogP contribution in [-0.4, -0.2) is 17.9 Å². The summed E-state index contributed by atoms with van der Waals surface area (Å²) in [6.07, 6.45) is 1.81. The number of hydrogen-bond donors (Lipinski definition) is 2. The SMILES string of the molecule is CNC(=O)c1ccc(NC(C)c2nccs2)c(C)c1. The summed E-state index contributed by atoms with van der Waals surface area (Å²) in [5, 5.41) is 9.05. The number of amides is 1. The summed E-state index contributed by atoms with van der Waals surface area (Å²) in [5.41, 5.74) is 2.74. The number of rotatable bonds is 4. The molecule has 0 radical (unpaired) electrons. The van der Waals surface area contributed by atoms with Crippen LogP contribution in [0.3, 0.4) is 0 Å². The largest absolute Gasteiger partial charge is 0.376 e. The lowest BCUT2D eigenvalue weighted by molar-refractivity contribution is 0.0963. The van der Waals surface area contributed by atoms with Gasteiger partial charge in [-0.15, -0.1) is 11.3 Å². The van der Waals surface area contributed by atoms with Crippen LogP contribution in [0.2, 0.25) is 0 Å². The van der Waals surface area contributed by atoms with Crippen LogP contribution >= 0.6 is 11.3 Å². The summed E-state index contributed by atoms with van der Waals surface area (Å²) in [6.45, 7) is 4.06. The molecule has 1 amide bonds. The first-order chi connectivity index (χ1) is 9.11. The summed E-state index contributed by atoms with van der Waals surface area (Å²) < 4.78 is 0. The molecule has 0 saturated heterocycles. The molecule has 0 saturated carbocycles. The van der Waals surface area contributed by atoms with Crippen molar-refractivity contribution in [3.05, 3.63) is 45.9 Å². The molecule has 0 fully saturated rings. The maximum atomic E-state index is 11.5. The number of thiazole rings is 1. The van der Waals surface area contributed by atoms with E-state index in [0.717, 1.165) is 16.3 Å². The fourth-order valence-electron chi connectivity index (χ4n) is 1.85. The Hall–Kier alpha value is -1.88. The summed E-state index contributed by atoms with van der Waals surface area (Å²) in [5.74, 6) is -0.0670. The van der Waals surface area contributed by atoms with Crippen molar-refractivity contribution in [1.82, 2.24) is 10.3 Å². The molecule has 19 heavy (non-hydrogen) atoms. The van der Waals surface area contributed by atoms with Crippen LogP contribution in [-0.2, 0) is 0 Å². The number of carbonyl (C=O) groups excluding carboxylic acids is 1.